The molecule has 68 valence electrons. The van der Waals surface area contributed by atoms with Crippen LogP contribution in [0, 0.1) is 0 Å². The van der Waals surface area contributed by atoms with Crippen LogP contribution in [0.3, 0.4) is 0 Å². The van der Waals surface area contributed by atoms with Gasteiger partial charge in [-0.3, -0.25) is 0 Å². The predicted molar refractivity (Wildman–Crippen MR) is 50.0 cm³/mol. The molecule has 2 nitrogen and oxygen atoms in total. The fourth-order valence-electron chi connectivity index (χ4n) is 1.37. The van der Waals surface area contributed by atoms with E-state index in [1.807, 2.05) is 12.1 Å². The van der Waals surface area contributed by atoms with Crippen LogP contribution in [-0.2, 0) is 0 Å². The minimum Gasteiger partial charge on any atom is -0.468 e. The van der Waals surface area contributed by atoms with Crippen LogP contribution in [0.4, 0.5) is 0 Å². The summed E-state index contributed by atoms with van der Waals surface area (Å²) >= 11 is 0. The molecule has 1 N–H and O–H groups in total. The van der Waals surface area contributed by atoms with Crippen LogP contribution in [0.2, 0.25) is 0 Å². The zero-order valence-electron chi connectivity index (χ0n) is 7.84. The highest BCUT2D eigenvalue weighted by Crippen LogP contribution is 2.18. The normalized spacial score (nSPS) is 13.2. The summed E-state index contributed by atoms with van der Waals surface area (Å²) in [6.45, 7) is 5.30. The fraction of sp³-hybridized carbons (Fsp3) is 0.600. The van der Waals surface area contributed by atoms with Crippen LogP contribution in [-0.4, -0.2) is 6.54 Å². The summed E-state index contributed by atoms with van der Waals surface area (Å²) in [6, 6.07) is 4.37. The van der Waals surface area contributed by atoms with Crippen molar-refractivity contribution in [3.63, 3.8) is 0 Å². The minimum atomic E-state index is 0.398. The van der Waals surface area contributed by atoms with Crippen molar-refractivity contribution >= 4 is 0 Å². The molecule has 1 aromatic heterocycles. The second-order valence-electron chi connectivity index (χ2n) is 2.91. The molecule has 1 heterocycles. The standard InChI is InChI=1S/C10H17NO/c1-3-6-9(11-4-2)10-7-5-8-12-10/h5,7-9,11H,3-4,6H2,1-2H3. The Bertz CT molecular complexity index is 188. The van der Waals surface area contributed by atoms with Crippen molar-refractivity contribution in [2.24, 2.45) is 0 Å². The summed E-state index contributed by atoms with van der Waals surface area (Å²) in [5.41, 5.74) is 0. The summed E-state index contributed by atoms with van der Waals surface area (Å²) in [4.78, 5) is 0. The summed E-state index contributed by atoms with van der Waals surface area (Å²) in [7, 11) is 0. The Morgan fingerprint density at radius 2 is 2.33 bits per heavy atom. The fourth-order valence-corrected chi connectivity index (χ4v) is 1.37. The lowest BCUT2D eigenvalue weighted by molar-refractivity contribution is 0.399. The average molecular weight is 167 g/mol. The van der Waals surface area contributed by atoms with Crippen LogP contribution in [0.15, 0.2) is 22.8 Å². The molecule has 0 spiro atoms. The second-order valence-corrected chi connectivity index (χ2v) is 2.91. The van der Waals surface area contributed by atoms with Gasteiger partial charge in [-0.15, -0.1) is 0 Å². The van der Waals surface area contributed by atoms with E-state index in [1.54, 1.807) is 6.26 Å². The van der Waals surface area contributed by atoms with Gasteiger partial charge in [-0.05, 0) is 25.1 Å². The van der Waals surface area contributed by atoms with E-state index in [0.29, 0.717) is 6.04 Å². The molecule has 0 saturated carbocycles. The highest BCUT2D eigenvalue weighted by Gasteiger charge is 2.10. The first-order chi connectivity index (χ1) is 5.88. The molecule has 0 aliphatic carbocycles. The molecule has 0 fully saturated rings. The van der Waals surface area contributed by atoms with Crippen LogP contribution >= 0.6 is 0 Å². The van der Waals surface area contributed by atoms with Gasteiger partial charge in [0.05, 0.1) is 12.3 Å². The van der Waals surface area contributed by atoms with Gasteiger partial charge in [0.1, 0.15) is 5.76 Å². The zero-order valence-corrected chi connectivity index (χ0v) is 7.84. The first kappa shape index (κ1) is 9.33. The van der Waals surface area contributed by atoms with Gasteiger partial charge in [-0.25, -0.2) is 0 Å². The monoisotopic (exact) mass is 167 g/mol. The van der Waals surface area contributed by atoms with E-state index in [2.05, 4.69) is 19.2 Å². The van der Waals surface area contributed by atoms with Crippen LogP contribution in [0.1, 0.15) is 38.5 Å². The minimum absolute atomic E-state index is 0.398. The van der Waals surface area contributed by atoms with E-state index in [0.717, 1.165) is 18.7 Å². The summed E-state index contributed by atoms with van der Waals surface area (Å²) in [5.74, 6) is 1.05. The van der Waals surface area contributed by atoms with Crippen LogP contribution in [0.25, 0.3) is 0 Å². The largest absolute Gasteiger partial charge is 0.468 e. The smallest absolute Gasteiger partial charge is 0.120 e. The molecule has 0 amide bonds. The van der Waals surface area contributed by atoms with E-state index < -0.39 is 0 Å². The van der Waals surface area contributed by atoms with Crippen molar-refractivity contribution < 1.29 is 4.42 Å². The Hall–Kier alpha value is -0.760. The van der Waals surface area contributed by atoms with Gasteiger partial charge >= 0.3 is 0 Å². The van der Waals surface area contributed by atoms with E-state index >= 15 is 0 Å². The maximum atomic E-state index is 5.34. The number of rotatable bonds is 5. The van der Waals surface area contributed by atoms with Gasteiger partial charge in [0, 0.05) is 0 Å². The molecule has 0 radical (unpaired) electrons. The van der Waals surface area contributed by atoms with Crippen LogP contribution < -0.4 is 5.32 Å². The molecule has 0 aliphatic heterocycles. The first-order valence-corrected chi connectivity index (χ1v) is 4.65. The Balaban J connectivity index is 2.53. The van der Waals surface area contributed by atoms with E-state index in [1.165, 1.54) is 6.42 Å². The third-order valence-electron chi connectivity index (χ3n) is 1.91. The van der Waals surface area contributed by atoms with Gasteiger partial charge in [0.2, 0.25) is 0 Å². The molecule has 0 aliphatic rings. The second kappa shape index (κ2) is 4.99. The highest BCUT2D eigenvalue weighted by atomic mass is 16.3. The third-order valence-corrected chi connectivity index (χ3v) is 1.91. The van der Waals surface area contributed by atoms with Gasteiger partial charge in [0.15, 0.2) is 0 Å². The van der Waals surface area contributed by atoms with Crippen molar-refractivity contribution in [3.8, 4) is 0 Å². The molecule has 2 heteroatoms. The lowest BCUT2D eigenvalue weighted by Crippen LogP contribution is -2.19. The Morgan fingerprint density at radius 3 is 2.83 bits per heavy atom. The molecule has 1 aromatic rings. The Kier molecular flexibility index (Phi) is 3.88. The SMILES string of the molecule is CCCC(NCC)c1ccco1. The molecular formula is C10H17NO. The topological polar surface area (TPSA) is 25.2 Å². The van der Waals surface area contributed by atoms with Crippen molar-refractivity contribution in [1.29, 1.82) is 0 Å². The van der Waals surface area contributed by atoms with Crippen molar-refractivity contribution in [3.05, 3.63) is 24.2 Å². The Labute approximate surface area is 74.0 Å². The number of hydrogen-bond donors (Lipinski definition) is 1. The Morgan fingerprint density at radius 1 is 1.50 bits per heavy atom. The van der Waals surface area contributed by atoms with Crippen molar-refractivity contribution in [2.75, 3.05) is 6.54 Å². The molecule has 1 rings (SSSR count). The van der Waals surface area contributed by atoms with Gasteiger partial charge in [0.25, 0.3) is 0 Å². The molecule has 1 unspecified atom stereocenters. The molecule has 1 atom stereocenters. The maximum Gasteiger partial charge on any atom is 0.120 e. The summed E-state index contributed by atoms with van der Waals surface area (Å²) < 4.78 is 5.34. The molecule has 0 aromatic carbocycles. The maximum absolute atomic E-state index is 5.34. The lowest BCUT2D eigenvalue weighted by atomic mass is 10.1. The summed E-state index contributed by atoms with van der Waals surface area (Å²) in [5, 5.41) is 3.39. The average Bonchev–Trinajstić information content (AvgIpc) is 2.56. The van der Waals surface area contributed by atoms with E-state index in [9.17, 15) is 0 Å². The lowest BCUT2D eigenvalue weighted by Gasteiger charge is -2.13. The van der Waals surface area contributed by atoms with E-state index in [-0.39, 0.29) is 0 Å². The molecular weight excluding hydrogens is 150 g/mol. The zero-order chi connectivity index (χ0) is 8.81. The van der Waals surface area contributed by atoms with Gasteiger partial charge in [-0.2, -0.15) is 0 Å². The van der Waals surface area contributed by atoms with Crippen molar-refractivity contribution in [1.82, 2.24) is 5.32 Å². The van der Waals surface area contributed by atoms with Crippen LogP contribution in [0.5, 0.6) is 0 Å². The summed E-state index contributed by atoms with van der Waals surface area (Å²) in [6.07, 6.45) is 4.05. The molecule has 12 heavy (non-hydrogen) atoms. The molecule has 0 bridgehead atoms. The van der Waals surface area contributed by atoms with Crippen molar-refractivity contribution in [2.45, 2.75) is 32.7 Å². The highest BCUT2D eigenvalue weighted by molar-refractivity contribution is 5.03. The first-order valence-electron chi connectivity index (χ1n) is 4.65. The van der Waals surface area contributed by atoms with Gasteiger partial charge in [-0.1, -0.05) is 20.3 Å². The van der Waals surface area contributed by atoms with E-state index in [4.69, 9.17) is 4.42 Å². The molecule has 0 saturated heterocycles. The predicted octanol–water partition coefficient (Wildman–Crippen LogP) is 2.73. The number of hydrogen-bond acceptors (Lipinski definition) is 2. The number of furan rings is 1. The quantitative estimate of drug-likeness (QED) is 0.729. The number of nitrogens with one attached hydrogen (secondary N) is 1. The third kappa shape index (κ3) is 2.38. The van der Waals surface area contributed by atoms with Gasteiger partial charge < -0.3 is 9.73 Å².